The molecule has 0 aliphatic rings. The molecule has 0 aliphatic carbocycles. The van der Waals surface area contributed by atoms with Crippen molar-refractivity contribution in [1.82, 2.24) is 0 Å². The number of halogens is 1. The first-order valence-corrected chi connectivity index (χ1v) is 5.46. The van der Waals surface area contributed by atoms with Crippen LogP contribution in [0.5, 0.6) is 0 Å². The van der Waals surface area contributed by atoms with E-state index in [1.807, 2.05) is 12.1 Å². The second-order valence-corrected chi connectivity index (χ2v) is 3.94. The monoisotopic (exact) mass is 241 g/mol. The van der Waals surface area contributed by atoms with Crippen LogP contribution in [0.25, 0.3) is 0 Å². The van der Waals surface area contributed by atoms with Crippen LogP contribution in [0.15, 0.2) is 42.5 Å². The summed E-state index contributed by atoms with van der Waals surface area (Å²) in [7, 11) is 0. The Labute approximate surface area is 105 Å². The summed E-state index contributed by atoms with van der Waals surface area (Å²) in [6.45, 7) is 0.550. The van der Waals surface area contributed by atoms with Crippen molar-refractivity contribution in [1.29, 1.82) is 5.26 Å². The van der Waals surface area contributed by atoms with Gasteiger partial charge in [0.2, 0.25) is 0 Å². The molecular weight excluding hydrogens is 229 g/mol. The molecule has 0 unspecified atom stereocenters. The van der Waals surface area contributed by atoms with E-state index in [4.69, 9.17) is 11.0 Å². The molecule has 0 saturated heterocycles. The van der Waals surface area contributed by atoms with Crippen LogP contribution in [0.3, 0.4) is 0 Å². The number of nitrogens with two attached hydrogens (primary N) is 1. The van der Waals surface area contributed by atoms with E-state index < -0.39 is 0 Å². The molecule has 90 valence electrons. The Kier molecular flexibility index (Phi) is 3.44. The topological polar surface area (TPSA) is 61.8 Å². The Balaban J connectivity index is 2.04. The number of nitrogen functional groups attached to an aromatic ring is 1. The second kappa shape index (κ2) is 5.19. The van der Waals surface area contributed by atoms with Crippen LogP contribution in [-0.2, 0) is 6.54 Å². The van der Waals surface area contributed by atoms with Crippen molar-refractivity contribution >= 4 is 11.4 Å². The number of nitrogens with one attached hydrogen (secondary N) is 1. The van der Waals surface area contributed by atoms with Crippen molar-refractivity contribution in [2.75, 3.05) is 11.1 Å². The highest BCUT2D eigenvalue weighted by molar-refractivity contribution is 5.54. The van der Waals surface area contributed by atoms with Gasteiger partial charge in [0, 0.05) is 17.9 Å². The van der Waals surface area contributed by atoms with Crippen LogP contribution < -0.4 is 11.1 Å². The lowest BCUT2D eigenvalue weighted by Gasteiger charge is -2.07. The van der Waals surface area contributed by atoms with Crippen molar-refractivity contribution in [3.8, 4) is 6.07 Å². The van der Waals surface area contributed by atoms with Gasteiger partial charge in [0.25, 0.3) is 0 Å². The molecule has 3 N–H and O–H groups in total. The van der Waals surface area contributed by atoms with Crippen LogP contribution in [0, 0.1) is 17.1 Å². The molecule has 0 amide bonds. The van der Waals surface area contributed by atoms with Gasteiger partial charge in [-0.1, -0.05) is 12.1 Å². The minimum absolute atomic E-state index is 0.364. The molecule has 2 rings (SSSR count). The van der Waals surface area contributed by atoms with Crippen molar-refractivity contribution in [2.45, 2.75) is 6.54 Å². The number of benzene rings is 2. The van der Waals surface area contributed by atoms with E-state index in [9.17, 15) is 4.39 Å². The van der Waals surface area contributed by atoms with Crippen LogP contribution in [-0.4, -0.2) is 0 Å². The Morgan fingerprint density at radius 3 is 2.50 bits per heavy atom. The zero-order valence-electron chi connectivity index (χ0n) is 9.65. The Morgan fingerprint density at radius 2 is 1.89 bits per heavy atom. The van der Waals surface area contributed by atoms with Gasteiger partial charge in [-0.05, 0) is 35.9 Å². The van der Waals surface area contributed by atoms with Crippen molar-refractivity contribution in [3.63, 3.8) is 0 Å². The summed E-state index contributed by atoms with van der Waals surface area (Å²) in [4.78, 5) is 0. The third-order valence-corrected chi connectivity index (χ3v) is 2.50. The van der Waals surface area contributed by atoms with E-state index in [0.717, 1.165) is 5.56 Å². The quantitative estimate of drug-likeness (QED) is 0.812. The van der Waals surface area contributed by atoms with Gasteiger partial charge in [0.05, 0.1) is 11.6 Å². The van der Waals surface area contributed by atoms with Gasteiger partial charge in [-0.15, -0.1) is 0 Å². The number of anilines is 2. The second-order valence-electron chi connectivity index (χ2n) is 3.94. The number of nitrogens with zero attached hydrogens (tertiary/aromatic N) is 1. The lowest BCUT2D eigenvalue weighted by molar-refractivity contribution is 0.629. The van der Waals surface area contributed by atoms with E-state index in [1.54, 1.807) is 18.2 Å². The normalized spacial score (nSPS) is 9.78. The average Bonchev–Trinajstić information content (AvgIpc) is 2.36. The molecule has 0 aromatic heterocycles. The smallest absolute Gasteiger partial charge is 0.127 e. The van der Waals surface area contributed by atoms with E-state index >= 15 is 0 Å². The van der Waals surface area contributed by atoms with E-state index in [2.05, 4.69) is 11.4 Å². The summed E-state index contributed by atoms with van der Waals surface area (Å²) >= 11 is 0. The lowest BCUT2D eigenvalue weighted by Crippen LogP contribution is -2.00. The Morgan fingerprint density at radius 1 is 1.17 bits per heavy atom. The first-order chi connectivity index (χ1) is 8.67. The molecule has 0 aliphatic heterocycles. The number of nitriles is 1. The van der Waals surface area contributed by atoms with Crippen molar-refractivity contribution in [2.24, 2.45) is 0 Å². The fourth-order valence-corrected chi connectivity index (χ4v) is 1.62. The van der Waals surface area contributed by atoms with Gasteiger partial charge >= 0.3 is 0 Å². The number of hydrogen-bond donors (Lipinski definition) is 2. The zero-order chi connectivity index (χ0) is 13.0. The van der Waals surface area contributed by atoms with Crippen LogP contribution in [0.4, 0.5) is 15.8 Å². The number of rotatable bonds is 3. The summed E-state index contributed by atoms with van der Waals surface area (Å²) in [5.74, 6) is -0.364. The van der Waals surface area contributed by atoms with E-state index in [-0.39, 0.29) is 5.82 Å². The molecule has 0 heterocycles. The molecular formula is C14H12FN3. The molecule has 0 fully saturated rings. The van der Waals surface area contributed by atoms with Gasteiger partial charge in [-0.2, -0.15) is 5.26 Å². The molecule has 0 spiro atoms. The number of hydrogen-bond acceptors (Lipinski definition) is 3. The SMILES string of the molecule is N#Cc1ccc(CNc2cc(N)cc(F)c2)cc1. The maximum Gasteiger partial charge on any atom is 0.127 e. The zero-order valence-corrected chi connectivity index (χ0v) is 9.65. The van der Waals surface area contributed by atoms with E-state index in [0.29, 0.717) is 23.5 Å². The largest absolute Gasteiger partial charge is 0.399 e. The molecule has 0 saturated carbocycles. The minimum Gasteiger partial charge on any atom is -0.399 e. The first-order valence-electron chi connectivity index (χ1n) is 5.46. The fraction of sp³-hybridized carbons (Fsp3) is 0.0714. The molecule has 2 aromatic carbocycles. The van der Waals surface area contributed by atoms with Gasteiger partial charge in [0.15, 0.2) is 0 Å². The molecule has 0 radical (unpaired) electrons. The summed E-state index contributed by atoms with van der Waals surface area (Å²) in [6.07, 6.45) is 0. The lowest BCUT2D eigenvalue weighted by atomic mass is 10.1. The standard InChI is InChI=1S/C14H12FN3/c15-12-5-13(17)7-14(6-12)18-9-11-3-1-10(8-16)2-4-11/h1-7,18H,9,17H2. The van der Waals surface area contributed by atoms with Gasteiger partial charge < -0.3 is 11.1 Å². The Bertz CT molecular complexity index is 565. The summed E-state index contributed by atoms with van der Waals surface area (Å²) in [5.41, 5.74) is 8.20. The highest BCUT2D eigenvalue weighted by Crippen LogP contribution is 2.16. The predicted molar refractivity (Wildman–Crippen MR) is 69.3 cm³/mol. The highest BCUT2D eigenvalue weighted by atomic mass is 19.1. The molecule has 0 atom stereocenters. The molecule has 4 heteroatoms. The van der Waals surface area contributed by atoms with Crippen molar-refractivity contribution < 1.29 is 4.39 Å². The minimum atomic E-state index is -0.364. The molecule has 0 bridgehead atoms. The predicted octanol–water partition coefficient (Wildman–Crippen LogP) is 2.89. The maximum absolute atomic E-state index is 13.1. The third-order valence-electron chi connectivity index (χ3n) is 2.50. The highest BCUT2D eigenvalue weighted by Gasteiger charge is 1.99. The Hall–Kier alpha value is -2.54. The summed E-state index contributed by atoms with van der Waals surface area (Å²) < 4.78 is 13.1. The van der Waals surface area contributed by atoms with Gasteiger partial charge in [-0.3, -0.25) is 0 Å². The van der Waals surface area contributed by atoms with Crippen LogP contribution in [0.2, 0.25) is 0 Å². The van der Waals surface area contributed by atoms with Crippen LogP contribution >= 0.6 is 0 Å². The summed E-state index contributed by atoms with van der Waals surface area (Å²) in [6, 6.07) is 13.6. The molecule has 3 nitrogen and oxygen atoms in total. The summed E-state index contributed by atoms with van der Waals surface area (Å²) in [5, 5.41) is 11.8. The van der Waals surface area contributed by atoms with E-state index in [1.165, 1.54) is 12.1 Å². The average molecular weight is 241 g/mol. The van der Waals surface area contributed by atoms with Crippen LogP contribution in [0.1, 0.15) is 11.1 Å². The van der Waals surface area contributed by atoms with Crippen molar-refractivity contribution in [3.05, 3.63) is 59.4 Å². The molecule has 18 heavy (non-hydrogen) atoms. The maximum atomic E-state index is 13.1. The molecule has 2 aromatic rings. The first kappa shape index (κ1) is 11.9. The van der Waals surface area contributed by atoms with Gasteiger partial charge in [-0.25, -0.2) is 4.39 Å². The fourth-order valence-electron chi connectivity index (χ4n) is 1.62. The third kappa shape index (κ3) is 2.98. The van der Waals surface area contributed by atoms with Gasteiger partial charge in [0.1, 0.15) is 5.82 Å².